The molecule has 0 radical (unpaired) electrons. The standard InChI is InChI=1S/C7H11NO4/c1-5(9)8-2-6(3-8)12-4-7(10)11/h6H,2-4H2,1H3,(H,10,11). The molecule has 0 saturated carbocycles. The lowest BCUT2D eigenvalue weighted by Gasteiger charge is -2.37. The van der Waals surface area contributed by atoms with Crippen LogP contribution in [0.3, 0.4) is 0 Å². The summed E-state index contributed by atoms with van der Waals surface area (Å²) in [5.74, 6) is -0.971. The van der Waals surface area contributed by atoms with Crippen LogP contribution in [0, 0.1) is 0 Å². The average Bonchev–Trinajstić information content (AvgIpc) is 1.82. The second-order valence-corrected chi connectivity index (χ2v) is 2.75. The summed E-state index contributed by atoms with van der Waals surface area (Å²) in [4.78, 5) is 22.3. The average molecular weight is 173 g/mol. The summed E-state index contributed by atoms with van der Waals surface area (Å²) in [5.41, 5.74) is 0. The van der Waals surface area contributed by atoms with Gasteiger partial charge in [0, 0.05) is 20.0 Å². The maximum atomic E-state index is 10.7. The van der Waals surface area contributed by atoms with Gasteiger partial charge < -0.3 is 14.7 Å². The molecule has 5 heteroatoms. The minimum atomic E-state index is -0.976. The third-order valence-electron chi connectivity index (χ3n) is 1.74. The van der Waals surface area contributed by atoms with Gasteiger partial charge in [0.05, 0.1) is 6.10 Å². The molecule has 0 atom stereocenters. The van der Waals surface area contributed by atoms with E-state index in [2.05, 4.69) is 0 Å². The van der Waals surface area contributed by atoms with Gasteiger partial charge in [-0.2, -0.15) is 0 Å². The van der Waals surface area contributed by atoms with Gasteiger partial charge in [0.15, 0.2) is 0 Å². The van der Waals surface area contributed by atoms with Crippen LogP contribution in [0.4, 0.5) is 0 Å². The number of nitrogens with zero attached hydrogens (tertiary/aromatic N) is 1. The van der Waals surface area contributed by atoms with E-state index in [1.54, 1.807) is 4.90 Å². The predicted molar refractivity (Wildman–Crippen MR) is 39.6 cm³/mol. The Hall–Kier alpha value is -1.10. The summed E-state index contributed by atoms with van der Waals surface area (Å²) in [6.45, 7) is 2.23. The van der Waals surface area contributed by atoms with Gasteiger partial charge in [-0.1, -0.05) is 0 Å². The number of aliphatic carboxylic acids is 1. The Kier molecular flexibility index (Phi) is 2.65. The van der Waals surface area contributed by atoms with Crippen molar-refractivity contribution in [3.8, 4) is 0 Å². The monoisotopic (exact) mass is 173 g/mol. The van der Waals surface area contributed by atoms with E-state index in [-0.39, 0.29) is 18.6 Å². The maximum Gasteiger partial charge on any atom is 0.329 e. The Morgan fingerprint density at radius 1 is 1.58 bits per heavy atom. The molecule has 0 aliphatic carbocycles. The summed E-state index contributed by atoms with van der Waals surface area (Å²) in [5, 5.41) is 8.25. The van der Waals surface area contributed by atoms with Crippen LogP contribution in [0.5, 0.6) is 0 Å². The number of carbonyl (C=O) groups is 2. The van der Waals surface area contributed by atoms with Crippen molar-refractivity contribution < 1.29 is 19.4 Å². The molecule has 5 nitrogen and oxygen atoms in total. The first-order valence-electron chi connectivity index (χ1n) is 3.68. The second-order valence-electron chi connectivity index (χ2n) is 2.75. The normalized spacial score (nSPS) is 17.2. The van der Waals surface area contributed by atoms with Gasteiger partial charge in [-0.05, 0) is 0 Å². The van der Waals surface area contributed by atoms with Crippen LogP contribution < -0.4 is 0 Å². The fourth-order valence-electron chi connectivity index (χ4n) is 0.990. The van der Waals surface area contributed by atoms with Crippen molar-refractivity contribution in [2.45, 2.75) is 13.0 Å². The molecule has 68 valence electrons. The van der Waals surface area contributed by atoms with Crippen molar-refractivity contribution >= 4 is 11.9 Å². The van der Waals surface area contributed by atoms with Gasteiger partial charge in [-0.3, -0.25) is 4.79 Å². The summed E-state index contributed by atoms with van der Waals surface area (Å²) in [6, 6.07) is 0. The van der Waals surface area contributed by atoms with E-state index in [0.717, 1.165) is 0 Å². The molecular formula is C7H11NO4. The molecule has 0 aromatic rings. The highest BCUT2D eigenvalue weighted by Gasteiger charge is 2.29. The molecule has 0 aromatic carbocycles. The Morgan fingerprint density at radius 2 is 2.17 bits per heavy atom. The van der Waals surface area contributed by atoms with Gasteiger partial charge in [-0.15, -0.1) is 0 Å². The van der Waals surface area contributed by atoms with Crippen molar-refractivity contribution in [2.24, 2.45) is 0 Å². The Bertz CT molecular complexity index is 195. The Labute approximate surface area is 69.9 Å². The molecule has 0 bridgehead atoms. The van der Waals surface area contributed by atoms with Crippen LogP contribution in [-0.4, -0.2) is 47.7 Å². The van der Waals surface area contributed by atoms with E-state index in [1.165, 1.54) is 6.92 Å². The molecule has 1 aliphatic rings. The topological polar surface area (TPSA) is 66.8 Å². The van der Waals surface area contributed by atoms with Crippen molar-refractivity contribution in [1.82, 2.24) is 4.90 Å². The molecule has 1 rings (SSSR count). The number of carboxylic acid groups (broad SMARTS) is 1. The first kappa shape index (κ1) is 8.99. The molecule has 1 N–H and O–H groups in total. The van der Waals surface area contributed by atoms with E-state index in [1.807, 2.05) is 0 Å². The summed E-state index contributed by atoms with van der Waals surface area (Å²) < 4.78 is 4.93. The molecular weight excluding hydrogens is 162 g/mol. The first-order chi connectivity index (χ1) is 5.59. The number of hydrogen-bond donors (Lipinski definition) is 1. The quantitative estimate of drug-likeness (QED) is 0.614. The SMILES string of the molecule is CC(=O)N1CC(OCC(=O)O)C1. The fraction of sp³-hybridized carbons (Fsp3) is 0.714. The molecule has 0 spiro atoms. The van der Waals surface area contributed by atoms with E-state index < -0.39 is 5.97 Å². The van der Waals surface area contributed by atoms with Crippen LogP contribution in [0.15, 0.2) is 0 Å². The maximum absolute atomic E-state index is 10.7. The van der Waals surface area contributed by atoms with Crippen molar-refractivity contribution in [3.05, 3.63) is 0 Å². The minimum Gasteiger partial charge on any atom is -0.480 e. The largest absolute Gasteiger partial charge is 0.480 e. The van der Waals surface area contributed by atoms with E-state index >= 15 is 0 Å². The second kappa shape index (κ2) is 3.53. The van der Waals surface area contributed by atoms with Gasteiger partial charge in [0.2, 0.25) is 5.91 Å². The van der Waals surface area contributed by atoms with Crippen molar-refractivity contribution in [1.29, 1.82) is 0 Å². The van der Waals surface area contributed by atoms with Crippen LogP contribution in [0.25, 0.3) is 0 Å². The summed E-state index contributed by atoms with van der Waals surface area (Å²) >= 11 is 0. The smallest absolute Gasteiger partial charge is 0.329 e. The number of rotatable bonds is 3. The van der Waals surface area contributed by atoms with Crippen LogP contribution >= 0.6 is 0 Å². The van der Waals surface area contributed by atoms with Crippen LogP contribution in [-0.2, 0) is 14.3 Å². The van der Waals surface area contributed by atoms with Gasteiger partial charge in [0.1, 0.15) is 6.61 Å². The number of likely N-dealkylation sites (tertiary alicyclic amines) is 1. The molecule has 0 unspecified atom stereocenters. The first-order valence-corrected chi connectivity index (χ1v) is 3.68. The van der Waals surface area contributed by atoms with Crippen molar-refractivity contribution in [3.63, 3.8) is 0 Å². The summed E-state index contributed by atoms with van der Waals surface area (Å²) in [6.07, 6.45) is -0.0926. The molecule has 1 heterocycles. The lowest BCUT2D eigenvalue weighted by Crippen LogP contribution is -2.54. The van der Waals surface area contributed by atoms with Gasteiger partial charge in [-0.25, -0.2) is 4.79 Å². The number of hydrogen-bond acceptors (Lipinski definition) is 3. The number of amides is 1. The highest BCUT2D eigenvalue weighted by atomic mass is 16.5. The molecule has 1 fully saturated rings. The number of carbonyl (C=O) groups excluding carboxylic acids is 1. The highest BCUT2D eigenvalue weighted by Crippen LogP contribution is 2.10. The molecule has 12 heavy (non-hydrogen) atoms. The van der Waals surface area contributed by atoms with Crippen LogP contribution in [0.2, 0.25) is 0 Å². The molecule has 1 aliphatic heterocycles. The molecule has 0 aromatic heterocycles. The summed E-state index contributed by atoms with van der Waals surface area (Å²) in [7, 11) is 0. The zero-order valence-electron chi connectivity index (χ0n) is 6.82. The van der Waals surface area contributed by atoms with Gasteiger partial charge >= 0.3 is 5.97 Å². The third kappa shape index (κ3) is 2.20. The van der Waals surface area contributed by atoms with E-state index in [9.17, 15) is 9.59 Å². The lowest BCUT2D eigenvalue weighted by molar-refractivity contribution is -0.153. The van der Waals surface area contributed by atoms with Gasteiger partial charge in [0.25, 0.3) is 0 Å². The van der Waals surface area contributed by atoms with Crippen LogP contribution in [0.1, 0.15) is 6.92 Å². The highest BCUT2D eigenvalue weighted by molar-refractivity contribution is 5.74. The molecule has 1 saturated heterocycles. The lowest BCUT2D eigenvalue weighted by atomic mass is 10.2. The van der Waals surface area contributed by atoms with E-state index in [0.29, 0.717) is 13.1 Å². The number of carboxylic acids is 1. The third-order valence-corrected chi connectivity index (χ3v) is 1.74. The predicted octanol–water partition coefficient (Wildman–Crippen LogP) is -0.682. The minimum absolute atomic E-state index is 0.00479. The zero-order chi connectivity index (χ0) is 9.14. The van der Waals surface area contributed by atoms with E-state index in [4.69, 9.17) is 9.84 Å². The fourth-order valence-corrected chi connectivity index (χ4v) is 0.990. The zero-order valence-corrected chi connectivity index (χ0v) is 6.82. The number of ether oxygens (including phenoxy) is 1. The Morgan fingerprint density at radius 3 is 2.58 bits per heavy atom. The van der Waals surface area contributed by atoms with Crippen molar-refractivity contribution in [2.75, 3.05) is 19.7 Å². The Balaban J connectivity index is 2.10. The molecule has 1 amide bonds.